The number of benzene rings is 3. The monoisotopic (exact) mass is 428 g/mol. The second kappa shape index (κ2) is 9.70. The Labute approximate surface area is 190 Å². The van der Waals surface area contributed by atoms with E-state index in [4.69, 9.17) is 0 Å². The van der Waals surface area contributed by atoms with E-state index >= 15 is 0 Å². The van der Waals surface area contributed by atoms with Gasteiger partial charge in [0.15, 0.2) is 0 Å². The summed E-state index contributed by atoms with van der Waals surface area (Å²) in [6, 6.07) is 19.2. The van der Waals surface area contributed by atoms with Gasteiger partial charge in [-0.3, -0.25) is 0 Å². The normalized spacial score (nSPS) is 14.7. The van der Waals surface area contributed by atoms with Crippen molar-refractivity contribution in [3.63, 3.8) is 0 Å². The lowest BCUT2D eigenvalue weighted by atomic mass is 9.86. The van der Waals surface area contributed by atoms with Crippen LogP contribution in [0.25, 0.3) is 22.3 Å². The Morgan fingerprint density at radius 3 is 1.61 bits per heavy atom. The highest BCUT2D eigenvalue weighted by Crippen LogP contribution is 2.44. The molecule has 0 nitrogen and oxygen atoms in total. The molecule has 0 amide bonds. The van der Waals surface area contributed by atoms with Crippen LogP contribution in [-0.4, -0.2) is 12.3 Å². The van der Waals surface area contributed by atoms with Crippen LogP contribution in [0.15, 0.2) is 48.5 Å². The molecule has 0 atom stereocenters. The first-order valence-electron chi connectivity index (χ1n) is 12.0. The molecule has 1 heterocycles. The van der Waals surface area contributed by atoms with Crippen LogP contribution in [0.3, 0.4) is 0 Å². The Bertz CT molecular complexity index is 997. The summed E-state index contributed by atoms with van der Waals surface area (Å²) in [6.45, 7) is 11.3. The van der Waals surface area contributed by atoms with Crippen molar-refractivity contribution in [2.75, 3.05) is 12.3 Å². The van der Waals surface area contributed by atoms with Crippen molar-refractivity contribution < 1.29 is 0 Å². The molecule has 1 fully saturated rings. The van der Waals surface area contributed by atoms with Crippen molar-refractivity contribution in [3.05, 3.63) is 76.3 Å². The van der Waals surface area contributed by atoms with E-state index in [1.54, 1.807) is 5.30 Å². The molecule has 4 rings (SSSR count). The second-order valence-electron chi connectivity index (χ2n) is 9.45. The van der Waals surface area contributed by atoms with Gasteiger partial charge < -0.3 is 0 Å². The van der Waals surface area contributed by atoms with Gasteiger partial charge >= 0.3 is 0 Å². The third-order valence-electron chi connectivity index (χ3n) is 6.80. The lowest BCUT2D eigenvalue weighted by molar-refractivity contribution is 0.755. The molecular weight excluding hydrogens is 391 g/mol. The van der Waals surface area contributed by atoms with Crippen molar-refractivity contribution in [2.24, 2.45) is 0 Å². The maximum atomic E-state index is 2.59. The van der Waals surface area contributed by atoms with Gasteiger partial charge in [0.1, 0.15) is 0 Å². The molecule has 0 unspecified atom stereocenters. The topological polar surface area (TPSA) is 0 Å². The smallest absolute Gasteiger partial charge is 0.0137 e. The summed E-state index contributed by atoms with van der Waals surface area (Å²) in [7, 11) is -0.0334. The zero-order valence-corrected chi connectivity index (χ0v) is 20.9. The van der Waals surface area contributed by atoms with Crippen molar-refractivity contribution in [3.8, 4) is 22.3 Å². The van der Waals surface area contributed by atoms with Gasteiger partial charge in [-0.1, -0.05) is 75.2 Å². The van der Waals surface area contributed by atoms with Crippen LogP contribution >= 0.6 is 7.92 Å². The number of aryl methyl sites for hydroxylation is 4. The second-order valence-corrected chi connectivity index (χ2v) is 11.9. The molecule has 1 aliphatic rings. The maximum Gasteiger partial charge on any atom is -0.0137 e. The first-order valence-corrected chi connectivity index (χ1v) is 13.8. The summed E-state index contributed by atoms with van der Waals surface area (Å²) in [5.41, 5.74) is 12.9. The van der Waals surface area contributed by atoms with Crippen LogP contribution in [0, 0.1) is 27.7 Å². The van der Waals surface area contributed by atoms with Crippen LogP contribution < -0.4 is 5.30 Å². The summed E-state index contributed by atoms with van der Waals surface area (Å²) < 4.78 is 0. The SMILES string of the molecule is CCCc1c(-c2ccc(C)cc2C)cc(P2CCCCC2)cc1-c1ccc(C)cc1C. The summed E-state index contributed by atoms with van der Waals surface area (Å²) in [5, 5.41) is 1.62. The molecule has 1 heteroatoms. The Kier molecular flexibility index (Phi) is 6.98. The number of rotatable bonds is 5. The summed E-state index contributed by atoms with van der Waals surface area (Å²) >= 11 is 0. The van der Waals surface area contributed by atoms with Crippen molar-refractivity contribution >= 4 is 13.2 Å². The highest BCUT2D eigenvalue weighted by atomic mass is 31.1. The molecule has 0 saturated carbocycles. The third-order valence-corrected chi connectivity index (χ3v) is 9.50. The minimum atomic E-state index is -0.0334. The predicted molar refractivity (Wildman–Crippen MR) is 140 cm³/mol. The maximum absolute atomic E-state index is 2.59. The van der Waals surface area contributed by atoms with E-state index in [-0.39, 0.29) is 7.92 Å². The third kappa shape index (κ3) is 4.80. The Morgan fingerprint density at radius 2 is 1.16 bits per heavy atom. The van der Waals surface area contributed by atoms with Gasteiger partial charge in [0.25, 0.3) is 0 Å². The summed E-state index contributed by atoms with van der Waals surface area (Å²) in [5.74, 6) is 0. The molecule has 0 N–H and O–H groups in total. The lowest BCUT2D eigenvalue weighted by Crippen LogP contribution is -2.13. The lowest BCUT2D eigenvalue weighted by Gasteiger charge is -2.26. The molecule has 0 bridgehead atoms. The van der Waals surface area contributed by atoms with Gasteiger partial charge in [0.2, 0.25) is 0 Å². The van der Waals surface area contributed by atoms with E-state index in [1.165, 1.54) is 88.1 Å². The first kappa shape index (κ1) is 22.3. The fourth-order valence-electron chi connectivity index (χ4n) is 5.22. The average molecular weight is 429 g/mol. The van der Waals surface area contributed by atoms with E-state index in [1.807, 2.05) is 0 Å². The molecule has 0 radical (unpaired) electrons. The summed E-state index contributed by atoms with van der Waals surface area (Å²) in [6.07, 6.45) is 9.33. The van der Waals surface area contributed by atoms with Crippen LogP contribution in [0.1, 0.15) is 60.4 Å². The van der Waals surface area contributed by atoms with Gasteiger partial charge in [-0.15, -0.1) is 0 Å². The molecule has 0 spiro atoms. The van der Waals surface area contributed by atoms with E-state index in [9.17, 15) is 0 Å². The molecule has 0 aliphatic carbocycles. The molecule has 1 saturated heterocycles. The van der Waals surface area contributed by atoms with Gasteiger partial charge in [-0.05, 0) is 116 Å². The molecule has 31 heavy (non-hydrogen) atoms. The fraction of sp³-hybridized carbons (Fsp3) is 0.400. The molecule has 3 aromatic rings. The molecular formula is C30H37P. The standard InChI is InChI=1S/C30H37P/c1-6-10-28-29(26-13-11-21(2)17-23(26)4)19-25(31-15-8-7-9-16-31)20-30(28)27-14-12-22(3)18-24(27)5/h11-14,17-20H,6-10,15-16H2,1-5H3. The Hall–Kier alpha value is -1.91. The molecule has 1 aliphatic heterocycles. The van der Waals surface area contributed by atoms with Gasteiger partial charge in [-0.2, -0.15) is 0 Å². The quantitative estimate of drug-likeness (QED) is 0.357. The van der Waals surface area contributed by atoms with Crippen LogP contribution in [-0.2, 0) is 6.42 Å². The van der Waals surface area contributed by atoms with Crippen LogP contribution in [0.4, 0.5) is 0 Å². The van der Waals surface area contributed by atoms with Crippen molar-refractivity contribution in [1.29, 1.82) is 0 Å². The summed E-state index contributed by atoms with van der Waals surface area (Å²) in [4.78, 5) is 0. The van der Waals surface area contributed by atoms with E-state index < -0.39 is 0 Å². The highest BCUT2D eigenvalue weighted by Gasteiger charge is 2.21. The van der Waals surface area contributed by atoms with E-state index in [0.717, 1.165) is 6.42 Å². The average Bonchev–Trinajstić information content (AvgIpc) is 2.75. The van der Waals surface area contributed by atoms with Crippen LogP contribution in [0.5, 0.6) is 0 Å². The van der Waals surface area contributed by atoms with Crippen LogP contribution in [0.2, 0.25) is 0 Å². The van der Waals surface area contributed by atoms with E-state index in [0.29, 0.717) is 0 Å². The van der Waals surface area contributed by atoms with Gasteiger partial charge in [-0.25, -0.2) is 0 Å². The molecule has 3 aromatic carbocycles. The Morgan fingerprint density at radius 1 is 0.645 bits per heavy atom. The van der Waals surface area contributed by atoms with Crippen molar-refractivity contribution in [2.45, 2.75) is 66.7 Å². The Balaban J connectivity index is 1.99. The number of hydrogen-bond donors (Lipinski definition) is 0. The largest absolute Gasteiger partial charge is 0.0753 e. The fourth-order valence-corrected chi connectivity index (χ4v) is 7.80. The predicted octanol–water partition coefficient (Wildman–Crippen LogP) is 8.50. The zero-order chi connectivity index (χ0) is 22.0. The van der Waals surface area contributed by atoms with Gasteiger partial charge in [0.05, 0.1) is 0 Å². The molecule has 0 aromatic heterocycles. The molecule has 162 valence electrons. The first-order chi connectivity index (χ1) is 15.0. The van der Waals surface area contributed by atoms with Gasteiger partial charge in [0, 0.05) is 0 Å². The zero-order valence-electron chi connectivity index (χ0n) is 20.0. The minimum absolute atomic E-state index is 0.0334. The van der Waals surface area contributed by atoms with E-state index in [2.05, 4.69) is 83.1 Å². The highest BCUT2D eigenvalue weighted by molar-refractivity contribution is 7.65. The number of hydrogen-bond acceptors (Lipinski definition) is 0. The van der Waals surface area contributed by atoms with Crippen molar-refractivity contribution in [1.82, 2.24) is 0 Å². The minimum Gasteiger partial charge on any atom is -0.0753 e.